The molecule has 0 amide bonds. The van der Waals surface area contributed by atoms with Crippen LogP contribution in [0.3, 0.4) is 0 Å². The van der Waals surface area contributed by atoms with Gasteiger partial charge in [0.15, 0.2) is 11.6 Å². The smallest absolute Gasteiger partial charge is 0.159 e. The lowest BCUT2D eigenvalue weighted by Crippen LogP contribution is -2.12. The van der Waals surface area contributed by atoms with E-state index in [4.69, 9.17) is 170 Å². The fraction of sp³-hybridized carbons (Fsp3) is 0.0833. The molecule has 27 N–H and O–H groups in total. The lowest BCUT2D eigenvalue weighted by molar-refractivity contribution is 0.511. The molecule has 18 nitrogen and oxygen atoms in total. The summed E-state index contributed by atoms with van der Waals surface area (Å²) < 4.78 is 83.8. The van der Waals surface area contributed by atoms with E-state index in [1.807, 2.05) is 159 Å². The molecule has 0 heterocycles. The van der Waals surface area contributed by atoms with Gasteiger partial charge in [0.1, 0.15) is 75.8 Å². The largest absolute Gasteiger partial charge is 0.384 e. The van der Waals surface area contributed by atoms with E-state index in [1.54, 1.807) is 73.7 Å². The Morgan fingerprint density at radius 3 is 0.479 bits per heavy atom. The van der Waals surface area contributed by atoms with Crippen molar-refractivity contribution in [2.45, 2.75) is 62.3 Å². The number of hydrogen-bond donors (Lipinski definition) is 18. The molecule has 144 heavy (non-hydrogen) atoms. The molecule has 0 aliphatic carbocycles. The van der Waals surface area contributed by atoms with Crippen molar-refractivity contribution in [3.8, 4) is 0 Å². The number of benzene rings is 18. The Bertz CT molecular complexity index is 6880. The zero-order valence-corrected chi connectivity index (χ0v) is 91.8. The summed E-state index contributed by atoms with van der Waals surface area (Å²) in [6.45, 7) is 17.0. The van der Waals surface area contributed by atoms with Crippen molar-refractivity contribution in [1.29, 1.82) is 48.7 Å². The maximum atomic E-state index is 13.4. The molecule has 0 aliphatic heterocycles. The van der Waals surface area contributed by atoms with E-state index in [-0.39, 0.29) is 74.2 Å². The van der Waals surface area contributed by atoms with Crippen molar-refractivity contribution in [2.24, 2.45) is 51.6 Å². The fourth-order valence-corrected chi connectivity index (χ4v) is 18.5. The molecule has 0 aliphatic rings. The van der Waals surface area contributed by atoms with E-state index in [0.717, 1.165) is 183 Å². The summed E-state index contributed by atoms with van der Waals surface area (Å²) in [7, 11) is 0. The number of nitrogens with one attached hydrogen (secondary N) is 9. The molecule has 36 heteroatoms. The van der Waals surface area contributed by atoms with Crippen LogP contribution in [0.1, 0.15) is 100 Å². The summed E-state index contributed by atoms with van der Waals surface area (Å²) in [5.41, 5.74) is 63.7. The Balaban J connectivity index is 0.000000166. The quantitative estimate of drug-likeness (QED) is 0.0370. The average Bonchev–Trinajstić information content (AvgIpc) is 0.842. The maximum Gasteiger partial charge on any atom is 0.159 e. The summed E-state index contributed by atoms with van der Waals surface area (Å²) >= 11 is 55.3. The predicted octanol–water partition coefficient (Wildman–Crippen LogP) is 31.2. The number of fused-ring (bicyclic) bond motifs is 9. The SMILES string of the molecule is Cc1cc2cc(Br)c(Br)cc2cc1C(=N)N.Cc1cc2cc(Br)c(Cl)cc2cc1C(=N)N.Cc1cc2cc(Br)c(F)cc2cc1C(=N)N.Cc1cc2cc(Cl)c(Br)cc2cc1C(=N)N.Cc1cc2cc(Cl)c(Cl)cc2cc1C(=N)N.Cc1cc2cc(Cl)c(F)cc2cc1C(=N)N.Cc1cc2cc(F)c(Br)cc2cc1C(=N)N.Cc1cc2cc(F)c(Cl)cc2cc1C(=N)N.Cc1cc2cc(F)c(F)cc2cc1C(=N)N. The molecule has 0 radical (unpaired) electrons. The second-order valence-electron chi connectivity index (χ2n) is 33.2. The highest BCUT2D eigenvalue weighted by molar-refractivity contribution is 9.13. The minimum absolute atomic E-state index is 0.000141. The van der Waals surface area contributed by atoms with Gasteiger partial charge in [-0.05, 0) is 469 Å². The molecule has 0 saturated carbocycles. The third-order valence-corrected chi connectivity index (χ3v) is 29.4. The van der Waals surface area contributed by atoms with Crippen molar-refractivity contribution < 1.29 is 26.3 Å². The summed E-state index contributed by atoms with van der Waals surface area (Å²) in [4.78, 5) is 0. The highest BCUT2D eigenvalue weighted by atomic mass is 79.9. The molecule has 18 rings (SSSR count). The Labute approximate surface area is 905 Å². The number of nitrogens with two attached hydrogens (primary N) is 9. The van der Waals surface area contributed by atoms with E-state index >= 15 is 0 Å². The minimum atomic E-state index is -0.897. The summed E-state index contributed by atoms with van der Waals surface area (Å²) in [5, 5.41) is 85.4. The molecule has 0 atom stereocenters. The predicted molar refractivity (Wildman–Crippen MR) is 613 cm³/mol. The van der Waals surface area contributed by atoms with Crippen LogP contribution in [0, 0.1) is 146 Å². The first-order chi connectivity index (χ1) is 67.4. The monoisotopic (exact) mass is 2440 g/mol. The highest BCUT2D eigenvalue weighted by Crippen LogP contribution is 2.38. The van der Waals surface area contributed by atoms with Crippen LogP contribution >= 0.6 is 165 Å². The molecule has 0 bridgehead atoms. The standard InChI is InChI=1S/C12H10Br2N2.2C12H10BrClN2.2C12H10BrFN2.C12H10Cl2N2.2C12H10ClFN2.C12H10F2N2/c1-6-2-7-4-10(13)11(14)5-8(7)3-9(6)12(15)16;1-6-2-7-5-11(14)10(13)4-8(7)3-9(6)12(15)16;1-6-2-7-4-10(13)11(14)5-8(7)3-9(6)12(15)16;1-6-2-7-5-11(14)10(13)4-8(7)3-9(6)12(15)16;2*1-6-2-7-4-10(13)11(14)5-8(7)3-9(6)12(15)16;1-6-2-7-5-11(14)10(13)4-8(7)3-9(6)12(15)16;2*1-6-2-7-4-10(13)11(14)5-8(7)3-9(6)12(15)16/h9*2-5H,1H3,(H3,15,16). The lowest BCUT2D eigenvalue weighted by atomic mass is 10.0. The Morgan fingerprint density at radius 1 is 0.160 bits per heavy atom. The fourth-order valence-electron chi connectivity index (χ4n) is 15.3. The lowest BCUT2D eigenvalue weighted by Gasteiger charge is -2.08. The van der Waals surface area contributed by atoms with E-state index in [0.29, 0.717) is 73.0 Å². The van der Waals surface area contributed by atoms with Crippen LogP contribution in [-0.4, -0.2) is 52.5 Å². The molecular formula is C108H90Br6Cl6F6N18. The number of nitrogen functional groups attached to an aromatic ring is 9. The second kappa shape index (κ2) is 48.6. The van der Waals surface area contributed by atoms with Gasteiger partial charge in [0.2, 0.25) is 0 Å². The number of halogens is 18. The molecule has 0 fully saturated rings. The van der Waals surface area contributed by atoms with Crippen molar-refractivity contribution in [3.05, 3.63) is 410 Å². The van der Waals surface area contributed by atoms with Gasteiger partial charge >= 0.3 is 0 Å². The van der Waals surface area contributed by atoms with E-state index in [1.165, 1.54) is 30.3 Å². The van der Waals surface area contributed by atoms with Crippen LogP contribution in [-0.2, 0) is 0 Å². The topological polar surface area (TPSA) is 449 Å². The molecule has 0 saturated heterocycles. The van der Waals surface area contributed by atoms with Gasteiger partial charge in [-0.15, -0.1) is 0 Å². The van der Waals surface area contributed by atoms with Crippen LogP contribution in [0.15, 0.2) is 245 Å². The number of amidine groups is 9. The van der Waals surface area contributed by atoms with Gasteiger partial charge < -0.3 is 51.6 Å². The van der Waals surface area contributed by atoms with Gasteiger partial charge in [0.25, 0.3) is 0 Å². The summed E-state index contributed by atoms with van der Waals surface area (Å²) in [6.07, 6.45) is 0. The average molecular weight is 2450 g/mol. The molecule has 0 aromatic heterocycles. The number of rotatable bonds is 9. The summed E-state index contributed by atoms with van der Waals surface area (Å²) in [5.74, 6) is -3.01. The van der Waals surface area contributed by atoms with Gasteiger partial charge in [0.05, 0.1) is 39.1 Å². The van der Waals surface area contributed by atoms with Crippen LogP contribution in [0.2, 0.25) is 30.1 Å². The first-order valence-electron chi connectivity index (χ1n) is 42.5. The maximum absolute atomic E-state index is 13.4. The van der Waals surface area contributed by atoms with Crippen molar-refractivity contribution in [3.63, 3.8) is 0 Å². The van der Waals surface area contributed by atoms with Crippen LogP contribution in [0.25, 0.3) is 97.0 Å². The van der Waals surface area contributed by atoms with Gasteiger partial charge in [0, 0.05) is 68.0 Å². The van der Waals surface area contributed by atoms with Crippen molar-refractivity contribution in [1.82, 2.24) is 0 Å². The molecular weight excluding hydrogens is 2360 g/mol. The van der Waals surface area contributed by atoms with Crippen LogP contribution in [0.5, 0.6) is 0 Å². The molecule has 18 aromatic carbocycles. The minimum Gasteiger partial charge on any atom is -0.384 e. The zero-order valence-electron chi connectivity index (χ0n) is 77.8. The third kappa shape index (κ3) is 28.3. The Kier molecular flexibility index (Phi) is 38.4. The third-order valence-electron chi connectivity index (χ3n) is 22.6. The Hall–Kier alpha value is -12.3. The first-order valence-corrected chi connectivity index (χ1v) is 49.6. The molecule has 0 spiro atoms. The number of hydrogen-bond acceptors (Lipinski definition) is 9. The first kappa shape index (κ1) is 114. The van der Waals surface area contributed by atoms with E-state index in [2.05, 4.69) is 102 Å². The van der Waals surface area contributed by atoms with Gasteiger partial charge in [-0.1, -0.05) is 124 Å². The van der Waals surface area contributed by atoms with Gasteiger partial charge in [-0.2, -0.15) is 0 Å². The highest BCUT2D eigenvalue weighted by Gasteiger charge is 2.18. The molecule has 18 aromatic rings. The van der Waals surface area contributed by atoms with E-state index < -0.39 is 23.3 Å². The normalized spacial score (nSPS) is 10.7. The van der Waals surface area contributed by atoms with E-state index in [9.17, 15) is 26.3 Å². The van der Waals surface area contributed by atoms with Gasteiger partial charge in [-0.25, -0.2) is 26.3 Å². The van der Waals surface area contributed by atoms with Crippen LogP contribution < -0.4 is 51.6 Å². The van der Waals surface area contributed by atoms with Crippen LogP contribution in [0.4, 0.5) is 26.3 Å². The second-order valence-corrected chi connectivity index (χ2v) is 40.8. The van der Waals surface area contributed by atoms with Crippen molar-refractivity contribution in [2.75, 3.05) is 0 Å². The summed E-state index contributed by atoms with van der Waals surface area (Å²) in [6, 6.07) is 63.0. The number of aryl methyl sites for hydroxylation is 9. The van der Waals surface area contributed by atoms with Crippen molar-refractivity contribution >= 4 is 315 Å². The molecule has 738 valence electrons. The zero-order chi connectivity index (χ0) is 107. The van der Waals surface area contributed by atoms with Gasteiger partial charge in [-0.3, -0.25) is 48.7 Å². The Morgan fingerprint density at radius 2 is 0.285 bits per heavy atom. The molecule has 0 unspecified atom stereocenters.